The summed E-state index contributed by atoms with van der Waals surface area (Å²) in [7, 11) is 0. The highest BCUT2D eigenvalue weighted by atomic mass is 35.5. The van der Waals surface area contributed by atoms with Crippen molar-refractivity contribution < 1.29 is 9.66 Å². The van der Waals surface area contributed by atoms with Crippen molar-refractivity contribution in [2.24, 2.45) is 0 Å². The van der Waals surface area contributed by atoms with E-state index in [1.165, 1.54) is 6.33 Å². The molecular formula is C10H13ClN4O3. The molecule has 7 nitrogen and oxygen atoms in total. The molecule has 0 radical (unpaired) electrons. The smallest absolute Gasteiger partial charge is 0.348 e. The number of hydrogen-bond acceptors (Lipinski definition) is 6. The summed E-state index contributed by atoms with van der Waals surface area (Å²) in [6.07, 6.45) is 2.15. The van der Waals surface area contributed by atoms with Gasteiger partial charge >= 0.3 is 5.69 Å². The molecule has 0 bridgehead atoms. The topological polar surface area (TPSA) is 81.4 Å². The van der Waals surface area contributed by atoms with E-state index in [4.69, 9.17) is 16.3 Å². The van der Waals surface area contributed by atoms with Gasteiger partial charge in [0.15, 0.2) is 0 Å². The number of nitro groups is 1. The minimum atomic E-state index is -0.548. The van der Waals surface area contributed by atoms with E-state index in [9.17, 15) is 10.1 Å². The van der Waals surface area contributed by atoms with Crippen LogP contribution in [0.1, 0.15) is 13.3 Å². The van der Waals surface area contributed by atoms with Crippen molar-refractivity contribution in [1.82, 2.24) is 9.97 Å². The van der Waals surface area contributed by atoms with Crippen molar-refractivity contribution in [3.8, 4) is 0 Å². The van der Waals surface area contributed by atoms with Crippen LogP contribution in [0.4, 0.5) is 11.5 Å². The van der Waals surface area contributed by atoms with E-state index >= 15 is 0 Å². The van der Waals surface area contributed by atoms with Gasteiger partial charge in [0.25, 0.3) is 0 Å². The number of nitrogens with zero attached hydrogens (tertiary/aromatic N) is 4. The Morgan fingerprint density at radius 2 is 2.44 bits per heavy atom. The summed E-state index contributed by atoms with van der Waals surface area (Å²) in [6, 6.07) is 0. The number of aromatic nitrogens is 2. The zero-order valence-electron chi connectivity index (χ0n) is 9.87. The second-order valence-electron chi connectivity index (χ2n) is 3.94. The molecular weight excluding hydrogens is 260 g/mol. The quantitative estimate of drug-likeness (QED) is 0.473. The Labute approximate surface area is 109 Å². The van der Waals surface area contributed by atoms with E-state index in [1.807, 2.05) is 11.8 Å². The van der Waals surface area contributed by atoms with Gasteiger partial charge in [-0.1, -0.05) is 18.5 Å². The Kier molecular flexibility index (Phi) is 3.93. The van der Waals surface area contributed by atoms with E-state index in [2.05, 4.69) is 9.97 Å². The standard InChI is InChI=1S/C10H13ClN4O3/c1-2-7-5-14(3-4-18-7)10-8(15(16)17)9(11)12-6-13-10/h6-7H,2-5H2,1H3. The van der Waals surface area contributed by atoms with Crippen LogP contribution >= 0.6 is 11.6 Å². The Hall–Kier alpha value is -1.47. The first-order chi connectivity index (χ1) is 8.63. The first-order valence-corrected chi connectivity index (χ1v) is 6.02. The highest BCUT2D eigenvalue weighted by Gasteiger charge is 2.29. The highest BCUT2D eigenvalue weighted by Crippen LogP contribution is 2.32. The van der Waals surface area contributed by atoms with Crippen LogP contribution in [-0.4, -0.2) is 40.7 Å². The summed E-state index contributed by atoms with van der Waals surface area (Å²) < 4.78 is 5.52. The van der Waals surface area contributed by atoms with Gasteiger partial charge in [0.05, 0.1) is 17.6 Å². The highest BCUT2D eigenvalue weighted by molar-refractivity contribution is 6.31. The monoisotopic (exact) mass is 272 g/mol. The number of anilines is 1. The average Bonchev–Trinajstić information content (AvgIpc) is 2.38. The molecule has 1 aromatic heterocycles. The summed E-state index contributed by atoms with van der Waals surface area (Å²) in [4.78, 5) is 19.9. The lowest BCUT2D eigenvalue weighted by Gasteiger charge is -2.32. The van der Waals surface area contributed by atoms with Gasteiger partial charge in [-0.2, -0.15) is 0 Å². The Bertz CT molecular complexity index is 457. The molecule has 0 saturated carbocycles. The minimum absolute atomic E-state index is 0.0621. The molecule has 0 N–H and O–H groups in total. The molecule has 0 aromatic carbocycles. The van der Waals surface area contributed by atoms with Crippen molar-refractivity contribution >= 4 is 23.1 Å². The first kappa shape index (κ1) is 13.0. The van der Waals surface area contributed by atoms with E-state index in [1.54, 1.807) is 0 Å². The maximum absolute atomic E-state index is 11.0. The maximum atomic E-state index is 11.0. The lowest BCUT2D eigenvalue weighted by atomic mass is 10.2. The number of ether oxygens (including phenoxy) is 1. The third-order valence-electron chi connectivity index (χ3n) is 2.83. The van der Waals surface area contributed by atoms with Gasteiger partial charge in [0, 0.05) is 13.1 Å². The van der Waals surface area contributed by atoms with Crippen molar-refractivity contribution in [3.63, 3.8) is 0 Å². The number of rotatable bonds is 3. The van der Waals surface area contributed by atoms with E-state index in [0.717, 1.165) is 6.42 Å². The van der Waals surface area contributed by atoms with Crippen LogP contribution in [0.25, 0.3) is 0 Å². The summed E-state index contributed by atoms with van der Waals surface area (Å²) in [5.41, 5.74) is -0.240. The molecule has 98 valence electrons. The molecule has 1 aliphatic heterocycles. The fourth-order valence-corrected chi connectivity index (χ4v) is 2.09. The molecule has 1 saturated heterocycles. The third kappa shape index (κ3) is 2.51. The molecule has 1 fully saturated rings. The van der Waals surface area contributed by atoms with Gasteiger partial charge in [0.1, 0.15) is 6.33 Å². The molecule has 2 rings (SSSR count). The number of hydrogen-bond donors (Lipinski definition) is 0. The molecule has 1 atom stereocenters. The SMILES string of the molecule is CCC1CN(c2ncnc(Cl)c2[N+](=O)[O-])CCO1. The average molecular weight is 273 g/mol. The summed E-state index contributed by atoms with van der Waals surface area (Å²) in [5, 5.41) is 10.9. The van der Waals surface area contributed by atoms with Crippen molar-refractivity contribution in [2.75, 3.05) is 24.6 Å². The number of morpholine rings is 1. The zero-order chi connectivity index (χ0) is 13.1. The predicted molar refractivity (Wildman–Crippen MR) is 65.9 cm³/mol. The zero-order valence-corrected chi connectivity index (χ0v) is 10.6. The molecule has 0 amide bonds. The first-order valence-electron chi connectivity index (χ1n) is 5.65. The summed E-state index contributed by atoms with van der Waals surface area (Å²) in [5.74, 6) is 0.266. The molecule has 0 spiro atoms. The van der Waals surface area contributed by atoms with Crippen LogP contribution in [0.2, 0.25) is 5.15 Å². The fraction of sp³-hybridized carbons (Fsp3) is 0.600. The van der Waals surface area contributed by atoms with Gasteiger partial charge in [-0.3, -0.25) is 10.1 Å². The Balaban J connectivity index is 2.32. The van der Waals surface area contributed by atoms with Crippen molar-refractivity contribution in [1.29, 1.82) is 0 Å². The molecule has 2 heterocycles. The lowest BCUT2D eigenvalue weighted by Crippen LogP contribution is -2.42. The van der Waals surface area contributed by atoms with Crippen LogP contribution in [-0.2, 0) is 4.74 Å². The van der Waals surface area contributed by atoms with Gasteiger partial charge in [-0.15, -0.1) is 0 Å². The minimum Gasteiger partial charge on any atom is -0.375 e. The van der Waals surface area contributed by atoms with Crippen molar-refractivity contribution in [3.05, 3.63) is 21.6 Å². The van der Waals surface area contributed by atoms with Gasteiger partial charge in [-0.25, -0.2) is 9.97 Å². The molecule has 1 aliphatic rings. The largest absolute Gasteiger partial charge is 0.375 e. The molecule has 8 heteroatoms. The van der Waals surface area contributed by atoms with Gasteiger partial charge in [-0.05, 0) is 6.42 Å². The second-order valence-corrected chi connectivity index (χ2v) is 4.30. The Morgan fingerprint density at radius 3 is 3.11 bits per heavy atom. The van der Waals surface area contributed by atoms with E-state index in [0.29, 0.717) is 19.7 Å². The molecule has 0 aliphatic carbocycles. The van der Waals surface area contributed by atoms with Crippen LogP contribution in [0.15, 0.2) is 6.33 Å². The predicted octanol–water partition coefficient (Wildman–Crippen LogP) is 1.65. The Morgan fingerprint density at radius 1 is 1.67 bits per heavy atom. The van der Waals surface area contributed by atoms with Crippen molar-refractivity contribution in [2.45, 2.75) is 19.4 Å². The summed E-state index contributed by atoms with van der Waals surface area (Å²) in [6.45, 7) is 3.67. The van der Waals surface area contributed by atoms with Crippen LogP contribution in [0.5, 0.6) is 0 Å². The van der Waals surface area contributed by atoms with Gasteiger partial charge in [0.2, 0.25) is 11.0 Å². The van der Waals surface area contributed by atoms with E-state index in [-0.39, 0.29) is 22.8 Å². The van der Waals surface area contributed by atoms with Crippen LogP contribution in [0, 0.1) is 10.1 Å². The summed E-state index contributed by atoms with van der Waals surface area (Å²) >= 11 is 5.76. The van der Waals surface area contributed by atoms with Gasteiger partial charge < -0.3 is 9.64 Å². The maximum Gasteiger partial charge on any atom is 0.348 e. The third-order valence-corrected chi connectivity index (χ3v) is 3.11. The van der Waals surface area contributed by atoms with E-state index < -0.39 is 4.92 Å². The second kappa shape index (κ2) is 5.45. The molecule has 1 unspecified atom stereocenters. The molecule has 1 aromatic rings. The normalized spacial score (nSPS) is 19.9. The molecule has 18 heavy (non-hydrogen) atoms. The fourth-order valence-electron chi connectivity index (χ4n) is 1.90. The number of halogens is 1. The van der Waals surface area contributed by atoms with Crippen LogP contribution < -0.4 is 4.90 Å². The van der Waals surface area contributed by atoms with Crippen LogP contribution in [0.3, 0.4) is 0 Å². The lowest BCUT2D eigenvalue weighted by molar-refractivity contribution is -0.384.